The Morgan fingerprint density at radius 3 is 2.72 bits per heavy atom. The molecule has 1 aromatic carbocycles. The second-order valence-electron chi connectivity index (χ2n) is 6.26. The Bertz CT molecular complexity index is 431. The molecule has 1 aliphatic carbocycles. The lowest BCUT2D eigenvalue weighted by atomic mass is 9.70. The number of hydrogen-bond donors (Lipinski definition) is 1. The van der Waals surface area contributed by atoms with Crippen LogP contribution in [0.1, 0.15) is 40.0 Å². The fourth-order valence-corrected chi connectivity index (χ4v) is 3.34. The van der Waals surface area contributed by atoms with Crippen molar-refractivity contribution in [1.82, 2.24) is 0 Å². The van der Waals surface area contributed by atoms with E-state index < -0.39 is 0 Å². The van der Waals surface area contributed by atoms with Gasteiger partial charge in [0, 0.05) is 11.7 Å². The highest BCUT2D eigenvalue weighted by Gasteiger charge is 2.32. The molecule has 0 amide bonds. The van der Waals surface area contributed by atoms with Crippen LogP contribution in [0.15, 0.2) is 22.7 Å². The van der Waals surface area contributed by atoms with Gasteiger partial charge in [0.05, 0.1) is 4.47 Å². The summed E-state index contributed by atoms with van der Waals surface area (Å²) in [6.45, 7) is 6.99. The lowest BCUT2D eigenvalue weighted by molar-refractivity contribution is 0.177. The molecule has 1 nitrogen and oxygen atoms in total. The summed E-state index contributed by atoms with van der Waals surface area (Å²) in [6, 6.07) is 5.63. The summed E-state index contributed by atoms with van der Waals surface area (Å²) in [5.41, 5.74) is 1.46. The number of rotatable bonds is 2. The molecule has 0 saturated heterocycles. The summed E-state index contributed by atoms with van der Waals surface area (Å²) < 4.78 is 13.7. The molecule has 2 rings (SSSR count). The minimum absolute atomic E-state index is 0.210. The average molecular weight is 314 g/mol. The summed E-state index contributed by atoms with van der Waals surface area (Å²) in [5, 5.41) is 3.54. The van der Waals surface area contributed by atoms with Gasteiger partial charge >= 0.3 is 0 Å². The number of nitrogens with one attached hydrogen (secondary N) is 1. The molecule has 3 heteroatoms. The van der Waals surface area contributed by atoms with E-state index in [2.05, 4.69) is 42.0 Å². The van der Waals surface area contributed by atoms with Crippen molar-refractivity contribution in [3.05, 3.63) is 28.5 Å². The monoisotopic (exact) mass is 313 g/mol. The fourth-order valence-electron chi connectivity index (χ4n) is 2.96. The molecule has 1 N–H and O–H groups in total. The highest BCUT2D eigenvalue weighted by molar-refractivity contribution is 9.10. The minimum Gasteiger partial charge on any atom is -0.382 e. The van der Waals surface area contributed by atoms with E-state index >= 15 is 0 Å². The predicted molar refractivity (Wildman–Crippen MR) is 78.3 cm³/mol. The summed E-state index contributed by atoms with van der Waals surface area (Å²) in [6.07, 6.45) is 3.67. The Balaban J connectivity index is 2.03. The third-order valence-corrected chi connectivity index (χ3v) is 4.57. The lowest BCUT2D eigenvalue weighted by Gasteiger charge is -2.40. The van der Waals surface area contributed by atoms with Gasteiger partial charge in [0.2, 0.25) is 0 Å². The van der Waals surface area contributed by atoms with Crippen molar-refractivity contribution < 1.29 is 4.39 Å². The Morgan fingerprint density at radius 1 is 1.39 bits per heavy atom. The largest absolute Gasteiger partial charge is 0.382 e. The Hall–Kier alpha value is -0.570. The molecule has 0 spiro atoms. The van der Waals surface area contributed by atoms with Crippen molar-refractivity contribution >= 4 is 21.6 Å². The third-order valence-electron chi connectivity index (χ3n) is 3.97. The number of benzene rings is 1. The van der Waals surface area contributed by atoms with Gasteiger partial charge in [-0.25, -0.2) is 4.39 Å². The second kappa shape index (κ2) is 5.20. The van der Waals surface area contributed by atoms with E-state index in [9.17, 15) is 4.39 Å². The SMILES string of the molecule is CC1CC(C)(C)CCC1Nc1ccc(F)c(Br)c1. The van der Waals surface area contributed by atoms with E-state index in [0.717, 1.165) is 5.69 Å². The molecule has 18 heavy (non-hydrogen) atoms. The van der Waals surface area contributed by atoms with E-state index in [0.29, 0.717) is 21.8 Å². The lowest BCUT2D eigenvalue weighted by Crippen LogP contribution is -2.36. The van der Waals surface area contributed by atoms with Crippen LogP contribution in [0, 0.1) is 17.2 Å². The van der Waals surface area contributed by atoms with Gasteiger partial charge in [0.1, 0.15) is 5.82 Å². The van der Waals surface area contributed by atoms with Crippen molar-refractivity contribution in [2.75, 3.05) is 5.32 Å². The summed E-state index contributed by atoms with van der Waals surface area (Å²) in [4.78, 5) is 0. The van der Waals surface area contributed by atoms with Crippen molar-refractivity contribution in [1.29, 1.82) is 0 Å². The highest BCUT2D eigenvalue weighted by Crippen LogP contribution is 2.39. The van der Waals surface area contributed by atoms with E-state index in [1.54, 1.807) is 0 Å². The third kappa shape index (κ3) is 3.25. The standard InChI is InChI=1S/C15H21BrFN/c1-10-9-15(2,3)7-6-14(10)18-11-4-5-13(17)12(16)8-11/h4-5,8,10,14,18H,6-7,9H2,1-3H3. The summed E-state index contributed by atoms with van der Waals surface area (Å²) >= 11 is 3.23. The van der Waals surface area contributed by atoms with Crippen LogP contribution < -0.4 is 5.32 Å². The first-order valence-corrected chi connectivity index (χ1v) is 7.38. The van der Waals surface area contributed by atoms with Crippen LogP contribution in [-0.4, -0.2) is 6.04 Å². The van der Waals surface area contributed by atoms with Crippen molar-refractivity contribution in [2.24, 2.45) is 11.3 Å². The van der Waals surface area contributed by atoms with E-state index in [4.69, 9.17) is 0 Å². The van der Waals surface area contributed by atoms with Gasteiger partial charge in [-0.3, -0.25) is 0 Å². The molecule has 0 aromatic heterocycles. The minimum atomic E-state index is -0.210. The first-order valence-electron chi connectivity index (χ1n) is 6.59. The topological polar surface area (TPSA) is 12.0 Å². The molecule has 2 unspecified atom stereocenters. The number of hydrogen-bond acceptors (Lipinski definition) is 1. The zero-order valence-electron chi connectivity index (χ0n) is 11.3. The Kier molecular flexibility index (Phi) is 4.00. The van der Waals surface area contributed by atoms with Crippen LogP contribution in [0.3, 0.4) is 0 Å². The van der Waals surface area contributed by atoms with E-state index in [-0.39, 0.29) is 5.82 Å². The molecule has 0 aliphatic heterocycles. The van der Waals surface area contributed by atoms with Gasteiger partial charge in [-0.2, -0.15) is 0 Å². The second-order valence-corrected chi connectivity index (χ2v) is 7.12. The highest BCUT2D eigenvalue weighted by atomic mass is 79.9. The zero-order chi connectivity index (χ0) is 13.3. The van der Waals surface area contributed by atoms with Crippen molar-refractivity contribution in [3.63, 3.8) is 0 Å². The molecule has 1 saturated carbocycles. The van der Waals surface area contributed by atoms with Crippen LogP contribution in [0.25, 0.3) is 0 Å². The van der Waals surface area contributed by atoms with Gasteiger partial charge < -0.3 is 5.32 Å². The van der Waals surface area contributed by atoms with E-state index in [1.807, 2.05) is 12.1 Å². The average Bonchev–Trinajstić information content (AvgIpc) is 2.27. The number of halogens is 2. The van der Waals surface area contributed by atoms with E-state index in [1.165, 1.54) is 25.3 Å². The zero-order valence-corrected chi connectivity index (χ0v) is 12.8. The maximum absolute atomic E-state index is 13.2. The van der Waals surface area contributed by atoms with Gasteiger partial charge in [-0.15, -0.1) is 0 Å². The Labute approximate surface area is 117 Å². The molecule has 100 valence electrons. The van der Waals surface area contributed by atoms with Crippen LogP contribution in [0.5, 0.6) is 0 Å². The first-order chi connectivity index (χ1) is 8.37. The maximum Gasteiger partial charge on any atom is 0.137 e. The summed E-state index contributed by atoms with van der Waals surface area (Å²) in [5.74, 6) is 0.441. The smallest absolute Gasteiger partial charge is 0.137 e. The van der Waals surface area contributed by atoms with Gasteiger partial charge in [0.15, 0.2) is 0 Å². The van der Waals surface area contributed by atoms with Crippen molar-refractivity contribution in [2.45, 2.75) is 46.1 Å². The molecule has 1 aromatic rings. The van der Waals surface area contributed by atoms with Crippen LogP contribution in [0.2, 0.25) is 0 Å². The van der Waals surface area contributed by atoms with Crippen LogP contribution in [0.4, 0.5) is 10.1 Å². The van der Waals surface area contributed by atoms with Gasteiger partial charge in [0.25, 0.3) is 0 Å². The number of anilines is 1. The van der Waals surface area contributed by atoms with Crippen molar-refractivity contribution in [3.8, 4) is 0 Å². The molecular weight excluding hydrogens is 293 g/mol. The molecule has 0 bridgehead atoms. The van der Waals surface area contributed by atoms with Gasteiger partial charge in [-0.1, -0.05) is 20.8 Å². The van der Waals surface area contributed by atoms with Crippen LogP contribution in [-0.2, 0) is 0 Å². The first kappa shape index (κ1) is 13.9. The normalized spacial score (nSPS) is 26.9. The Morgan fingerprint density at radius 2 is 2.11 bits per heavy atom. The molecule has 1 aliphatic rings. The summed E-state index contributed by atoms with van der Waals surface area (Å²) in [7, 11) is 0. The van der Waals surface area contributed by atoms with Crippen LogP contribution >= 0.6 is 15.9 Å². The predicted octanol–water partition coefficient (Wildman–Crippen LogP) is 5.21. The van der Waals surface area contributed by atoms with Gasteiger partial charge in [-0.05, 0) is 64.7 Å². The quantitative estimate of drug-likeness (QED) is 0.789. The molecule has 1 fully saturated rings. The maximum atomic E-state index is 13.2. The molecule has 2 atom stereocenters. The fraction of sp³-hybridized carbons (Fsp3) is 0.600. The molecule has 0 radical (unpaired) electrons. The molecule has 0 heterocycles. The molecular formula is C15H21BrFN.